The summed E-state index contributed by atoms with van der Waals surface area (Å²) in [6, 6.07) is 21.4. The van der Waals surface area contributed by atoms with Gasteiger partial charge in [0.2, 0.25) is 0 Å². The number of para-hydroxylation sites is 1. The molecule has 28 heavy (non-hydrogen) atoms. The zero-order valence-electron chi connectivity index (χ0n) is 15.9. The van der Waals surface area contributed by atoms with Crippen LogP contribution < -0.4 is 14.8 Å². The van der Waals surface area contributed by atoms with E-state index in [9.17, 15) is 4.79 Å². The first-order valence-corrected chi connectivity index (χ1v) is 9.85. The molecule has 3 aromatic carbocycles. The highest BCUT2D eigenvalue weighted by molar-refractivity contribution is 9.10. The largest absolute Gasteiger partial charge is 0.493 e. The maximum absolute atomic E-state index is 12.9. The number of carbonyl (C=O) groups excluding carboxylic acids is 1. The number of hydrogen-bond donors (Lipinski definition) is 1. The molecule has 144 valence electrons. The summed E-state index contributed by atoms with van der Waals surface area (Å²) in [5.74, 6) is 0.896. The maximum atomic E-state index is 12.9. The van der Waals surface area contributed by atoms with Crippen molar-refractivity contribution < 1.29 is 14.3 Å². The van der Waals surface area contributed by atoms with Crippen LogP contribution in [0.1, 0.15) is 28.4 Å². The Morgan fingerprint density at radius 3 is 2.46 bits per heavy atom. The van der Waals surface area contributed by atoms with E-state index in [2.05, 4.69) is 33.4 Å². The average Bonchev–Trinajstić information content (AvgIpc) is 2.71. The number of rotatable bonds is 7. The summed E-state index contributed by atoms with van der Waals surface area (Å²) in [7, 11) is 1.56. The molecular weight excluding hydrogens is 418 g/mol. The van der Waals surface area contributed by atoms with Crippen LogP contribution in [-0.4, -0.2) is 19.6 Å². The van der Waals surface area contributed by atoms with E-state index >= 15 is 0 Å². The summed E-state index contributed by atoms with van der Waals surface area (Å²) in [5, 5.41) is 3.02. The van der Waals surface area contributed by atoms with Crippen molar-refractivity contribution in [1.29, 1.82) is 0 Å². The molecule has 0 aromatic heterocycles. The fourth-order valence-electron chi connectivity index (χ4n) is 2.94. The summed E-state index contributed by atoms with van der Waals surface area (Å²) in [6.45, 7) is 2.41. The number of carbonyl (C=O) groups is 1. The van der Waals surface area contributed by atoms with Crippen LogP contribution in [0.5, 0.6) is 11.5 Å². The lowest BCUT2D eigenvalue weighted by Crippen LogP contribution is -2.14. The fraction of sp³-hybridized carbons (Fsp3) is 0.174. The van der Waals surface area contributed by atoms with E-state index in [-0.39, 0.29) is 5.91 Å². The standard InChI is InChI=1S/C23H22BrNO3/c1-3-28-22-19(24)14-18(15-21(22)27-2)23(26)25-20-12-8-7-11-17(20)13-16-9-5-4-6-10-16/h4-12,14-15H,3,13H2,1-2H3,(H,25,26). The molecule has 5 heteroatoms. The van der Waals surface area contributed by atoms with E-state index in [1.165, 1.54) is 5.56 Å². The Hall–Kier alpha value is -2.79. The Kier molecular flexibility index (Phi) is 6.71. The van der Waals surface area contributed by atoms with Crippen molar-refractivity contribution in [3.05, 3.63) is 87.9 Å². The predicted octanol–water partition coefficient (Wildman–Crippen LogP) is 5.70. The van der Waals surface area contributed by atoms with Gasteiger partial charge in [0.15, 0.2) is 11.5 Å². The second-order valence-corrected chi connectivity index (χ2v) is 7.05. The zero-order chi connectivity index (χ0) is 19.9. The van der Waals surface area contributed by atoms with Crippen LogP contribution in [0.15, 0.2) is 71.2 Å². The molecule has 0 aliphatic heterocycles. The predicted molar refractivity (Wildman–Crippen MR) is 116 cm³/mol. The Morgan fingerprint density at radius 1 is 1.04 bits per heavy atom. The van der Waals surface area contributed by atoms with Crippen LogP contribution in [0.25, 0.3) is 0 Å². The van der Waals surface area contributed by atoms with Gasteiger partial charge < -0.3 is 14.8 Å². The van der Waals surface area contributed by atoms with Crippen molar-refractivity contribution in [2.75, 3.05) is 19.0 Å². The number of amides is 1. The van der Waals surface area contributed by atoms with Gasteiger partial charge in [0, 0.05) is 11.3 Å². The Morgan fingerprint density at radius 2 is 1.75 bits per heavy atom. The van der Waals surface area contributed by atoms with Gasteiger partial charge in [0.05, 0.1) is 18.2 Å². The van der Waals surface area contributed by atoms with E-state index in [4.69, 9.17) is 9.47 Å². The van der Waals surface area contributed by atoms with Crippen LogP contribution in [0, 0.1) is 0 Å². The SMILES string of the molecule is CCOc1c(Br)cc(C(=O)Nc2ccccc2Cc2ccccc2)cc1OC. The molecule has 4 nitrogen and oxygen atoms in total. The summed E-state index contributed by atoms with van der Waals surface area (Å²) in [4.78, 5) is 12.9. The third kappa shape index (κ3) is 4.73. The van der Waals surface area contributed by atoms with E-state index in [1.54, 1.807) is 19.2 Å². The van der Waals surface area contributed by atoms with Crippen molar-refractivity contribution in [3.8, 4) is 11.5 Å². The number of benzene rings is 3. The number of nitrogens with one attached hydrogen (secondary N) is 1. The van der Waals surface area contributed by atoms with E-state index in [1.807, 2.05) is 49.4 Å². The zero-order valence-corrected chi connectivity index (χ0v) is 17.5. The van der Waals surface area contributed by atoms with Gasteiger partial charge in [-0.3, -0.25) is 4.79 Å². The molecule has 0 unspecified atom stereocenters. The molecule has 0 spiro atoms. The van der Waals surface area contributed by atoms with Crippen molar-refractivity contribution in [2.24, 2.45) is 0 Å². The molecule has 1 N–H and O–H groups in total. The molecule has 0 heterocycles. The number of halogens is 1. The molecule has 0 aliphatic carbocycles. The van der Waals surface area contributed by atoms with Crippen molar-refractivity contribution in [2.45, 2.75) is 13.3 Å². The van der Waals surface area contributed by atoms with Gasteiger partial charge in [-0.05, 0) is 58.6 Å². The molecule has 0 saturated carbocycles. The topological polar surface area (TPSA) is 47.6 Å². The molecule has 0 saturated heterocycles. The van der Waals surface area contributed by atoms with Gasteiger partial charge >= 0.3 is 0 Å². The highest BCUT2D eigenvalue weighted by Crippen LogP contribution is 2.37. The van der Waals surface area contributed by atoms with Crippen molar-refractivity contribution in [3.63, 3.8) is 0 Å². The highest BCUT2D eigenvalue weighted by atomic mass is 79.9. The fourth-order valence-corrected chi connectivity index (χ4v) is 3.50. The number of anilines is 1. The molecule has 3 rings (SSSR count). The lowest BCUT2D eigenvalue weighted by molar-refractivity contribution is 0.102. The molecule has 0 bridgehead atoms. The molecule has 0 atom stereocenters. The van der Waals surface area contributed by atoms with Crippen molar-refractivity contribution >= 4 is 27.5 Å². The van der Waals surface area contributed by atoms with Gasteiger partial charge in [0.1, 0.15) is 0 Å². The average molecular weight is 440 g/mol. The van der Waals surface area contributed by atoms with Crippen LogP contribution >= 0.6 is 15.9 Å². The van der Waals surface area contributed by atoms with E-state index < -0.39 is 0 Å². The minimum atomic E-state index is -0.206. The first kappa shape index (κ1) is 20.0. The first-order chi connectivity index (χ1) is 13.6. The summed E-state index contributed by atoms with van der Waals surface area (Å²) < 4.78 is 11.7. The van der Waals surface area contributed by atoms with E-state index in [0.717, 1.165) is 17.7 Å². The van der Waals surface area contributed by atoms with Crippen LogP contribution in [0.4, 0.5) is 5.69 Å². The Labute approximate surface area is 173 Å². The molecule has 0 radical (unpaired) electrons. The van der Waals surface area contributed by atoms with Gasteiger partial charge in [-0.2, -0.15) is 0 Å². The lowest BCUT2D eigenvalue weighted by atomic mass is 10.0. The van der Waals surface area contributed by atoms with E-state index in [0.29, 0.717) is 28.1 Å². The minimum absolute atomic E-state index is 0.206. The summed E-state index contributed by atoms with van der Waals surface area (Å²) in [6.07, 6.45) is 0.744. The Bertz CT molecular complexity index is 957. The third-order valence-electron chi connectivity index (χ3n) is 4.28. The van der Waals surface area contributed by atoms with Crippen LogP contribution in [0.3, 0.4) is 0 Å². The highest BCUT2D eigenvalue weighted by Gasteiger charge is 2.16. The minimum Gasteiger partial charge on any atom is -0.493 e. The molecule has 0 aliphatic rings. The van der Waals surface area contributed by atoms with Gasteiger partial charge in [0.25, 0.3) is 5.91 Å². The second-order valence-electron chi connectivity index (χ2n) is 6.20. The molecule has 1 amide bonds. The smallest absolute Gasteiger partial charge is 0.255 e. The molecule has 3 aromatic rings. The normalized spacial score (nSPS) is 10.4. The summed E-state index contributed by atoms with van der Waals surface area (Å²) in [5.41, 5.74) is 3.52. The summed E-state index contributed by atoms with van der Waals surface area (Å²) >= 11 is 3.47. The number of methoxy groups -OCH3 is 1. The van der Waals surface area contributed by atoms with Crippen LogP contribution in [0.2, 0.25) is 0 Å². The van der Waals surface area contributed by atoms with Gasteiger partial charge in [-0.25, -0.2) is 0 Å². The quantitative estimate of drug-likeness (QED) is 0.513. The Balaban J connectivity index is 1.85. The van der Waals surface area contributed by atoms with Gasteiger partial charge in [-0.15, -0.1) is 0 Å². The molecular formula is C23H22BrNO3. The third-order valence-corrected chi connectivity index (χ3v) is 4.87. The maximum Gasteiger partial charge on any atom is 0.255 e. The van der Waals surface area contributed by atoms with Gasteiger partial charge in [-0.1, -0.05) is 48.5 Å². The first-order valence-electron chi connectivity index (χ1n) is 9.06. The van der Waals surface area contributed by atoms with Crippen LogP contribution in [-0.2, 0) is 6.42 Å². The number of hydrogen-bond acceptors (Lipinski definition) is 3. The molecule has 0 fully saturated rings. The van der Waals surface area contributed by atoms with Crippen molar-refractivity contribution in [1.82, 2.24) is 0 Å². The second kappa shape index (κ2) is 9.42. The lowest BCUT2D eigenvalue weighted by Gasteiger charge is -2.15. The number of ether oxygens (including phenoxy) is 2. The monoisotopic (exact) mass is 439 g/mol.